The van der Waals surface area contributed by atoms with E-state index < -0.39 is 0 Å². The van der Waals surface area contributed by atoms with Crippen LogP contribution in [0, 0.1) is 11.3 Å². The molecule has 0 saturated carbocycles. The molecule has 0 aliphatic rings. The molecule has 1 aromatic carbocycles. The zero-order valence-electron chi connectivity index (χ0n) is 9.07. The maximum atomic E-state index is 8.99. The lowest BCUT2D eigenvalue weighted by molar-refractivity contribution is 0.450. The van der Waals surface area contributed by atoms with Crippen molar-refractivity contribution >= 4 is 5.70 Å². The molecule has 0 atom stereocenters. The molecule has 0 amide bonds. The average Bonchev–Trinajstić information content (AvgIpc) is 2.26. The van der Waals surface area contributed by atoms with Gasteiger partial charge in [-0.1, -0.05) is 30.3 Å². The van der Waals surface area contributed by atoms with Gasteiger partial charge in [0.2, 0.25) is 0 Å². The van der Waals surface area contributed by atoms with Gasteiger partial charge in [0, 0.05) is 6.54 Å². The predicted octanol–water partition coefficient (Wildman–Crippen LogP) is 1.44. The maximum absolute atomic E-state index is 8.99. The third-order valence-corrected chi connectivity index (χ3v) is 2.02. The fourth-order valence-electron chi connectivity index (χ4n) is 1.29. The second-order valence-electron chi connectivity index (χ2n) is 3.61. The van der Waals surface area contributed by atoms with E-state index in [0.29, 0.717) is 17.8 Å². The number of hydrogen-bond acceptors (Lipinski definition) is 3. The molecule has 0 bridgehead atoms. The highest BCUT2D eigenvalue weighted by Gasteiger charge is 2.05. The van der Waals surface area contributed by atoms with Crippen molar-refractivity contribution < 1.29 is 0 Å². The zero-order chi connectivity index (χ0) is 11.3. The second-order valence-corrected chi connectivity index (χ2v) is 3.61. The topological polar surface area (TPSA) is 53.0 Å². The van der Waals surface area contributed by atoms with Crippen LogP contribution in [0.25, 0.3) is 5.70 Å². The van der Waals surface area contributed by atoms with Gasteiger partial charge in [-0.3, -0.25) is 0 Å². The minimum atomic E-state index is 0.562. The summed E-state index contributed by atoms with van der Waals surface area (Å²) in [6, 6.07) is 11.7. The van der Waals surface area contributed by atoms with E-state index in [2.05, 4.69) is 6.07 Å². The summed E-state index contributed by atoms with van der Waals surface area (Å²) in [5, 5.41) is 8.99. The quantitative estimate of drug-likeness (QED) is 0.753. The maximum Gasteiger partial charge on any atom is 0.0982 e. The molecule has 0 fully saturated rings. The lowest BCUT2D eigenvalue weighted by atomic mass is 10.1. The zero-order valence-corrected chi connectivity index (χ0v) is 9.07. The van der Waals surface area contributed by atoms with Crippen molar-refractivity contribution in [2.45, 2.75) is 0 Å². The van der Waals surface area contributed by atoms with Gasteiger partial charge >= 0.3 is 0 Å². The molecule has 0 radical (unpaired) electrons. The molecule has 0 heterocycles. The monoisotopic (exact) mass is 201 g/mol. The van der Waals surface area contributed by atoms with Crippen LogP contribution < -0.4 is 5.73 Å². The highest BCUT2D eigenvalue weighted by atomic mass is 15.0. The van der Waals surface area contributed by atoms with Gasteiger partial charge in [-0.15, -0.1) is 0 Å². The first-order valence-electron chi connectivity index (χ1n) is 4.74. The Kier molecular flexibility index (Phi) is 3.90. The third kappa shape index (κ3) is 3.12. The summed E-state index contributed by atoms with van der Waals surface area (Å²) in [5.41, 5.74) is 7.99. The van der Waals surface area contributed by atoms with E-state index >= 15 is 0 Å². The van der Waals surface area contributed by atoms with Crippen LogP contribution in [0.5, 0.6) is 0 Å². The van der Waals surface area contributed by atoms with E-state index in [1.807, 2.05) is 49.3 Å². The summed E-state index contributed by atoms with van der Waals surface area (Å²) in [7, 11) is 3.82. The van der Waals surface area contributed by atoms with E-state index in [1.165, 1.54) is 0 Å². The van der Waals surface area contributed by atoms with Crippen molar-refractivity contribution in [2.24, 2.45) is 5.73 Å². The molecule has 1 aromatic rings. The Morgan fingerprint density at radius 3 is 2.40 bits per heavy atom. The number of nitriles is 1. The van der Waals surface area contributed by atoms with Crippen LogP contribution in [0.2, 0.25) is 0 Å². The van der Waals surface area contributed by atoms with Crippen molar-refractivity contribution in [2.75, 3.05) is 20.6 Å². The summed E-state index contributed by atoms with van der Waals surface area (Å²) in [6.45, 7) is 0.567. The number of benzene rings is 1. The minimum absolute atomic E-state index is 0.562. The number of likely N-dealkylation sites (N-methyl/N-ethyl adjacent to an activating group) is 1. The lowest BCUT2D eigenvalue weighted by Crippen LogP contribution is -2.17. The summed E-state index contributed by atoms with van der Waals surface area (Å²) < 4.78 is 0. The highest BCUT2D eigenvalue weighted by Crippen LogP contribution is 2.12. The van der Waals surface area contributed by atoms with Gasteiger partial charge in [0.15, 0.2) is 0 Å². The van der Waals surface area contributed by atoms with Crippen molar-refractivity contribution in [1.82, 2.24) is 4.90 Å². The molecular weight excluding hydrogens is 186 g/mol. The van der Waals surface area contributed by atoms with E-state index in [0.717, 1.165) is 5.56 Å². The van der Waals surface area contributed by atoms with Crippen LogP contribution in [0.3, 0.4) is 0 Å². The molecule has 78 valence electrons. The molecular formula is C12H15N3. The summed E-state index contributed by atoms with van der Waals surface area (Å²) >= 11 is 0. The molecule has 0 aliphatic heterocycles. The smallest absolute Gasteiger partial charge is 0.0982 e. The molecule has 2 N–H and O–H groups in total. The van der Waals surface area contributed by atoms with Gasteiger partial charge in [0.05, 0.1) is 17.3 Å². The van der Waals surface area contributed by atoms with E-state index in [-0.39, 0.29) is 0 Å². The molecule has 3 heteroatoms. The number of nitrogens with zero attached hydrogens (tertiary/aromatic N) is 2. The Labute approximate surface area is 90.4 Å². The van der Waals surface area contributed by atoms with Gasteiger partial charge in [-0.05, 0) is 19.7 Å². The van der Waals surface area contributed by atoms with Crippen LogP contribution in [0.15, 0.2) is 35.9 Å². The van der Waals surface area contributed by atoms with Crippen molar-refractivity contribution in [3.05, 3.63) is 41.5 Å². The molecule has 0 aromatic heterocycles. The minimum Gasteiger partial charge on any atom is -0.397 e. The highest BCUT2D eigenvalue weighted by molar-refractivity contribution is 5.69. The molecule has 1 rings (SSSR count). The molecule has 3 nitrogen and oxygen atoms in total. The first-order chi connectivity index (χ1) is 7.15. The molecule has 0 aliphatic carbocycles. The van der Waals surface area contributed by atoms with Crippen molar-refractivity contribution in [3.63, 3.8) is 0 Å². The number of rotatable bonds is 3. The summed E-state index contributed by atoms with van der Waals surface area (Å²) in [5.74, 6) is 0. The number of hydrogen-bond donors (Lipinski definition) is 1. The molecule has 0 spiro atoms. The van der Waals surface area contributed by atoms with Gasteiger partial charge in [0.25, 0.3) is 0 Å². The molecule has 0 unspecified atom stereocenters. The Balaban J connectivity index is 3.03. The van der Waals surface area contributed by atoms with Gasteiger partial charge in [-0.25, -0.2) is 0 Å². The fourth-order valence-corrected chi connectivity index (χ4v) is 1.29. The van der Waals surface area contributed by atoms with E-state index in [4.69, 9.17) is 11.0 Å². The standard InChI is InChI=1S/C12H15N3/c1-15(2)9-11(8-13)12(14)10-6-4-3-5-7-10/h3-7H,9,14H2,1-2H3/b12-11-. The normalized spacial score (nSPS) is 12.1. The Morgan fingerprint density at radius 1 is 1.33 bits per heavy atom. The van der Waals surface area contributed by atoms with Crippen LogP contribution in [-0.2, 0) is 0 Å². The fraction of sp³-hybridized carbons (Fsp3) is 0.250. The van der Waals surface area contributed by atoms with Crippen LogP contribution in [0.1, 0.15) is 5.56 Å². The van der Waals surface area contributed by atoms with Gasteiger partial charge in [0.1, 0.15) is 0 Å². The van der Waals surface area contributed by atoms with E-state index in [1.54, 1.807) is 0 Å². The lowest BCUT2D eigenvalue weighted by Gasteiger charge is -2.11. The second kappa shape index (κ2) is 5.18. The first-order valence-corrected chi connectivity index (χ1v) is 4.74. The average molecular weight is 201 g/mol. The van der Waals surface area contributed by atoms with Gasteiger partial charge < -0.3 is 10.6 Å². The van der Waals surface area contributed by atoms with Crippen molar-refractivity contribution in [1.29, 1.82) is 5.26 Å². The number of nitrogens with two attached hydrogens (primary N) is 1. The van der Waals surface area contributed by atoms with Crippen LogP contribution in [0.4, 0.5) is 0 Å². The van der Waals surface area contributed by atoms with Crippen LogP contribution >= 0.6 is 0 Å². The summed E-state index contributed by atoms with van der Waals surface area (Å²) in [4.78, 5) is 1.92. The molecule has 0 saturated heterocycles. The Hall–Kier alpha value is -1.79. The Morgan fingerprint density at radius 2 is 1.93 bits per heavy atom. The third-order valence-electron chi connectivity index (χ3n) is 2.02. The van der Waals surface area contributed by atoms with Crippen LogP contribution in [-0.4, -0.2) is 25.5 Å². The molecule has 15 heavy (non-hydrogen) atoms. The summed E-state index contributed by atoms with van der Waals surface area (Å²) in [6.07, 6.45) is 0. The largest absolute Gasteiger partial charge is 0.397 e. The van der Waals surface area contributed by atoms with Crippen molar-refractivity contribution in [3.8, 4) is 6.07 Å². The first kappa shape index (κ1) is 11.3. The predicted molar refractivity (Wildman–Crippen MR) is 61.7 cm³/mol. The van der Waals surface area contributed by atoms with Gasteiger partial charge in [-0.2, -0.15) is 5.26 Å². The van der Waals surface area contributed by atoms with E-state index in [9.17, 15) is 0 Å². The SMILES string of the molecule is CN(C)C/C(C#N)=C(\N)c1ccccc1. The Bertz CT molecular complexity index is 385.